The van der Waals surface area contributed by atoms with Crippen molar-refractivity contribution >= 4 is 33.4 Å². The molecule has 0 unspecified atom stereocenters. The first-order valence-electron chi connectivity index (χ1n) is 10.2. The second-order valence-electron chi connectivity index (χ2n) is 8.54. The molecule has 0 fully saturated rings. The molecule has 160 valence electrons. The van der Waals surface area contributed by atoms with Gasteiger partial charge in [0.1, 0.15) is 5.75 Å². The molecule has 31 heavy (non-hydrogen) atoms. The fourth-order valence-electron chi connectivity index (χ4n) is 3.56. The van der Waals surface area contributed by atoms with E-state index in [9.17, 15) is 9.59 Å². The number of imidazole rings is 1. The molecule has 0 bridgehead atoms. The van der Waals surface area contributed by atoms with E-state index in [0.717, 1.165) is 33.1 Å². The molecule has 3 aromatic carbocycles. The van der Waals surface area contributed by atoms with Crippen LogP contribution in [0, 0.1) is 0 Å². The zero-order valence-electron chi connectivity index (χ0n) is 17.8. The predicted octanol–water partition coefficient (Wildman–Crippen LogP) is 3.92. The lowest BCUT2D eigenvalue weighted by atomic mass is 10.0. The lowest BCUT2D eigenvalue weighted by Gasteiger charge is -2.21. The number of amides is 1. The van der Waals surface area contributed by atoms with Gasteiger partial charge in [-0.05, 0) is 55.8 Å². The third-order valence-electron chi connectivity index (χ3n) is 4.86. The smallest absolute Gasteiger partial charge is 0.323 e. The topological polar surface area (TPSA) is 99.0 Å². The van der Waals surface area contributed by atoms with E-state index in [-0.39, 0.29) is 23.7 Å². The highest BCUT2D eigenvalue weighted by atomic mass is 16.5. The van der Waals surface area contributed by atoms with Crippen LogP contribution in [-0.2, 0) is 11.3 Å². The maximum absolute atomic E-state index is 12.2. The Hall–Kier alpha value is -3.74. The molecule has 1 amide bonds. The first kappa shape index (κ1) is 20.5. The number of nitrogens with one attached hydrogen (secondary N) is 4. The maximum atomic E-state index is 12.2. The molecule has 0 saturated carbocycles. The Labute approximate surface area is 179 Å². The molecule has 4 N–H and O–H groups in total. The van der Waals surface area contributed by atoms with Gasteiger partial charge < -0.3 is 25.3 Å². The summed E-state index contributed by atoms with van der Waals surface area (Å²) in [4.78, 5) is 29.2. The second-order valence-corrected chi connectivity index (χ2v) is 8.54. The van der Waals surface area contributed by atoms with Crippen molar-refractivity contribution < 1.29 is 9.53 Å². The predicted molar refractivity (Wildman–Crippen MR) is 124 cm³/mol. The maximum Gasteiger partial charge on any atom is 0.323 e. The van der Waals surface area contributed by atoms with Crippen LogP contribution in [0.4, 0.5) is 5.69 Å². The summed E-state index contributed by atoms with van der Waals surface area (Å²) in [5.41, 5.74) is 2.78. The van der Waals surface area contributed by atoms with E-state index in [0.29, 0.717) is 12.3 Å². The van der Waals surface area contributed by atoms with E-state index < -0.39 is 0 Å². The summed E-state index contributed by atoms with van der Waals surface area (Å²) in [6.45, 7) is 6.25. The summed E-state index contributed by atoms with van der Waals surface area (Å²) < 4.78 is 5.91. The monoisotopic (exact) mass is 418 g/mol. The molecule has 7 nitrogen and oxygen atoms in total. The standard InChI is InChI=1S/C24H26N4O3/c1-24(2,3)28-22(29)14-31-21-11-8-15-6-4-5-7-17(15)18(21)13-25-16-9-10-19-20(12-16)27-23(30)26-19/h4-12,25H,13-14H2,1-3H3,(H,28,29)(H2,26,27,30). The second kappa shape index (κ2) is 8.18. The molecule has 0 atom stereocenters. The molecule has 0 saturated heterocycles. The van der Waals surface area contributed by atoms with Gasteiger partial charge in [-0.15, -0.1) is 0 Å². The van der Waals surface area contributed by atoms with E-state index >= 15 is 0 Å². The third-order valence-corrected chi connectivity index (χ3v) is 4.86. The van der Waals surface area contributed by atoms with Crippen molar-refractivity contribution in [1.82, 2.24) is 15.3 Å². The minimum absolute atomic E-state index is 0.0564. The molecule has 1 heterocycles. The number of anilines is 1. The van der Waals surface area contributed by atoms with Crippen molar-refractivity contribution in [2.75, 3.05) is 11.9 Å². The molecular formula is C24H26N4O3. The van der Waals surface area contributed by atoms with E-state index in [1.165, 1.54) is 0 Å². The molecular weight excluding hydrogens is 392 g/mol. The third kappa shape index (κ3) is 4.88. The van der Waals surface area contributed by atoms with Crippen molar-refractivity contribution in [3.05, 3.63) is 70.6 Å². The van der Waals surface area contributed by atoms with Crippen LogP contribution in [0.1, 0.15) is 26.3 Å². The molecule has 7 heteroatoms. The molecule has 1 aromatic heterocycles. The highest BCUT2D eigenvalue weighted by Gasteiger charge is 2.15. The van der Waals surface area contributed by atoms with E-state index in [2.05, 4.69) is 20.6 Å². The van der Waals surface area contributed by atoms with Gasteiger partial charge in [0.2, 0.25) is 0 Å². The average Bonchev–Trinajstić information content (AvgIpc) is 3.08. The largest absolute Gasteiger partial charge is 0.483 e. The van der Waals surface area contributed by atoms with Crippen molar-refractivity contribution in [3.63, 3.8) is 0 Å². The molecule has 0 radical (unpaired) electrons. The van der Waals surface area contributed by atoms with E-state index in [1.54, 1.807) is 0 Å². The lowest BCUT2D eigenvalue weighted by molar-refractivity contribution is -0.124. The van der Waals surface area contributed by atoms with Gasteiger partial charge >= 0.3 is 5.69 Å². The Balaban J connectivity index is 1.58. The number of hydrogen-bond donors (Lipinski definition) is 4. The summed E-state index contributed by atoms with van der Waals surface area (Å²) >= 11 is 0. The molecule has 4 aromatic rings. The molecule has 0 spiro atoms. The Bertz CT molecular complexity index is 1300. The number of hydrogen-bond acceptors (Lipinski definition) is 4. The van der Waals surface area contributed by atoms with Crippen molar-refractivity contribution in [2.24, 2.45) is 0 Å². The minimum atomic E-state index is -0.313. The zero-order chi connectivity index (χ0) is 22.0. The van der Waals surface area contributed by atoms with Gasteiger partial charge in [-0.1, -0.05) is 30.3 Å². The Morgan fingerprint density at radius 3 is 2.58 bits per heavy atom. The van der Waals surface area contributed by atoms with Crippen LogP contribution in [0.2, 0.25) is 0 Å². The van der Waals surface area contributed by atoms with Crippen LogP contribution in [0.25, 0.3) is 21.8 Å². The number of H-pyrrole nitrogens is 2. The fraction of sp³-hybridized carbons (Fsp3) is 0.250. The average molecular weight is 418 g/mol. The number of aromatic nitrogens is 2. The molecule has 4 rings (SSSR count). The number of ether oxygens (including phenoxy) is 1. The Morgan fingerprint density at radius 2 is 1.77 bits per heavy atom. The highest BCUT2D eigenvalue weighted by Crippen LogP contribution is 2.29. The van der Waals surface area contributed by atoms with Gasteiger partial charge in [0.15, 0.2) is 6.61 Å². The SMILES string of the molecule is CC(C)(C)NC(=O)COc1ccc2ccccc2c1CNc1ccc2[nH]c(=O)[nH]c2c1. The number of fused-ring (bicyclic) bond motifs is 2. The number of benzene rings is 3. The zero-order valence-corrected chi connectivity index (χ0v) is 17.8. The van der Waals surface area contributed by atoms with E-state index in [1.807, 2.05) is 75.4 Å². The van der Waals surface area contributed by atoms with Gasteiger partial charge in [0, 0.05) is 23.3 Å². The van der Waals surface area contributed by atoms with Gasteiger partial charge in [0.05, 0.1) is 11.0 Å². The summed E-state index contributed by atoms with van der Waals surface area (Å²) in [5, 5.41) is 8.46. The van der Waals surface area contributed by atoms with Crippen LogP contribution in [-0.4, -0.2) is 28.0 Å². The highest BCUT2D eigenvalue weighted by molar-refractivity contribution is 5.88. The molecule has 0 aliphatic rings. The number of carbonyl (C=O) groups excluding carboxylic acids is 1. The molecule has 0 aliphatic heterocycles. The molecule has 0 aliphatic carbocycles. The van der Waals surface area contributed by atoms with E-state index in [4.69, 9.17) is 4.74 Å². The summed E-state index contributed by atoms with van der Waals surface area (Å²) in [5.74, 6) is 0.493. The number of carbonyl (C=O) groups is 1. The van der Waals surface area contributed by atoms with Crippen LogP contribution < -0.4 is 21.1 Å². The quantitative estimate of drug-likeness (QED) is 0.381. The lowest BCUT2D eigenvalue weighted by Crippen LogP contribution is -2.43. The van der Waals surface area contributed by atoms with Crippen LogP contribution >= 0.6 is 0 Å². The van der Waals surface area contributed by atoms with Crippen molar-refractivity contribution in [2.45, 2.75) is 32.9 Å². The number of aromatic amines is 2. The van der Waals surface area contributed by atoms with Gasteiger partial charge in [-0.2, -0.15) is 0 Å². The van der Waals surface area contributed by atoms with Gasteiger partial charge in [-0.3, -0.25) is 4.79 Å². The van der Waals surface area contributed by atoms with Gasteiger partial charge in [-0.25, -0.2) is 4.79 Å². The number of rotatable bonds is 6. The van der Waals surface area contributed by atoms with Crippen molar-refractivity contribution in [1.29, 1.82) is 0 Å². The van der Waals surface area contributed by atoms with Crippen LogP contribution in [0.3, 0.4) is 0 Å². The first-order chi connectivity index (χ1) is 14.8. The summed E-state index contributed by atoms with van der Waals surface area (Å²) in [6.07, 6.45) is 0. The first-order valence-corrected chi connectivity index (χ1v) is 10.2. The van der Waals surface area contributed by atoms with Crippen molar-refractivity contribution in [3.8, 4) is 5.75 Å². The Morgan fingerprint density at radius 1 is 1.00 bits per heavy atom. The fourth-order valence-corrected chi connectivity index (χ4v) is 3.56. The van der Waals surface area contributed by atoms with Crippen LogP contribution in [0.5, 0.6) is 5.75 Å². The minimum Gasteiger partial charge on any atom is -0.483 e. The normalized spacial score (nSPS) is 11.6. The summed E-state index contributed by atoms with van der Waals surface area (Å²) in [7, 11) is 0. The Kier molecular flexibility index (Phi) is 5.42. The van der Waals surface area contributed by atoms with Gasteiger partial charge in [0.25, 0.3) is 5.91 Å². The summed E-state index contributed by atoms with van der Waals surface area (Å²) in [6, 6.07) is 17.6. The van der Waals surface area contributed by atoms with Crippen LogP contribution in [0.15, 0.2) is 59.4 Å².